The zero-order valence-corrected chi connectivity index (χ0v) is 16.7. The number of thiazole rings is 1. The fourth-order valence-corrected chi connectivity index (χ4v) is 4.01. The van der Waals surface area contributed by atoms with Gasteiger partial charge in [0, 0.05) is 17.5 Å². The second-order valence-corrected chi connectivity index (χ2v) is 7.80. The van der Waals surface area contributed by atoms with Gasteiger partial charge in [0.05, 0.1) is 15.2 Å². The molecule has 0 radical (unpaired) electrons. The highest BCUT2D eigenvalue weighted by molar-refractivity contribution is 7.18. The van der Waals surface area contributed by atoms with Gasteiger partial charge in [0.25, 0.3) is 0 Å². The quantitative estimate of drug-likeness (QED) is 0.378. The summed E-state index contributed by atoms with van der Waals surface area (Å²) in [5.74, 6) is -0.0466. The molecule has 4 aromatic rings. The third kappa shape index (κ3) is 4.51. The molecule has 7 heteroatoms. The van der Waals surface area contributed by atoms with E-state index in [-0.39, 0.29) is 18.4 Å². The first-order chi connectivity index (χ1) is 14.1. The Hall–Kier alpha value is -3.06. The Morgan fingerprint density at radius 1 is 1.17 bits per heavy atom. The van der Waals surface area contributed by atoms with Gasteiger partial charge in [0.1, 0.15) is 18.1 Å². The van der Waals surface area contributed by atoms with Gasteiger partial charge in [0.2, 0.25) is 0 Å². The Morgan fingerprint density at radius 2 is 1.97 bits per heavy atom. The molecule has 0 saturated heterocycles. The number of carbonyl (C=O) groups excluding carboxylic acids is 1. The van der Waals surface area contributed by atoms with Crippen molar-refractivity contribution in [1.29, 1.82) is 0 Å². The molecule has 0 bridgehead atoms. The van der Waals surface area contributed by atoms with Crippen LogP contribution in [0.15, 0.2) is 53.1 Å². The largest absolute Gasteiger partial charge is 0.459 e. The van der Waals surface area contributed by atoms with Crippen LogP contribution in [-0.2, 0) is 22.6 Å². The van der Waals surface area contributed by atoms with Crippen molar-refractivity contribution in [2.24, 2.45) is 0 Å². The molecular formula is C22H19FN2O3S. The number of fused-ring (bicyclic) bond motifs is 1. The number of nitrogens with zero attached hydrogens (tertiary/aromatic N) is 2. The van der Waals surface area contributed by atoms with Gasteiger partial charge in [-0.05, 0) is 56.2 Å². The van der Waals surface area contributed by atoms with Crippen LogP contribution >= 0.6 is 11.3 Å². The van der Waals surface area contributed by atoms with Crippen molar-refractivity contribution in [1.82, 2.24) is 10.1 Å². The number of halogens is 1. The van der Waals surface area contributed by atoms with Crippen LogP contribution in [0.3, 0.4) is 0 Å². The number of esters is 1. The van der Waals surface area contributed by atoms with Crippen LogP contribution in [0, 0.1) is 12.7 Å². The first-order valence-electron chi connectivity index (χ1n) is 9.31. The lowest BCUT2D eigenvalue weighted by Crippen LogP contribution is -2.05. The van der Waals surface area contributed by atoms with Gasteiger partial charge in [-0.1, -0.05) is 17.3 Å². The first-order valence-corrected chi connectivity index (χ1v) is 10.1. The van der Waals surface area contributed by atoms with E-state index in [0.717, 1.165) is 32.8 Å². The van der Waals surface area contributed by atoms with Crippen molar-refractivity contribution in [3.8, 4) is 11.3 Å². The van der Waals surface area contributed by atoms with E-state index in [4.69, 9.17) is 9.26 Å². The third-order valence-electron chi connectivity index (χ3n) is 4.61. The van der Waals surface area contributed by atoms with E-state index in [2.05, 4.69) is 10.1 Å². The number of aryl methyl sites for hydroxylation is 1. The predicted octanol–water partition coefficient (Wildman–Crippen LogP) is 5.46. The van der Waals surface area contributed by atoms with Gasteiger partial charge >= 0.3 is 5.97 Å². The average Bonchev–Trinajstić information content (AvgIpc) is 3.30. The van der Waals surface area contributed by atoms with Gasteiger partial charge in [-0.15, -0.1) is 11.3 Å². The molecule has 4 rings (SSSR count). The standard InChI is InChI=1S/C22H19FN2O3S/c1-14-18(25-28-22(14)15-9-11-16(23)12-10-15)13-27-21(26)8-4-7-20-24-17-5-2-3-6-19(17)29-20/h2-3,5-6,9-12H,4,7-8,13H2,1H3. The number of hydrogen-bond acceptors (Lipinski definition) is 6. The molecule has 2 heterocycles. The number of rotatable bonds is 7. The molecule has 0 aliphatic heterocycles. The maximum Gasteiger partial charge on any atom is 0.306 e. The first kappa shape index (κ1) is 19.3. The number of benzene rings is 2. The van der Waals surface area contributed by atoms with Crippen LogP contribution < -0.4 is 0 Å². The second-order valence-electron chi connectivity index (χ2n) is 6.68. The lowest BCUT2D eigenvalue weighted by molar-refractivity contribution is -0.145. The highest BCUT2D eigenvalue weighted by atomic mass is 32.1. The van der Waals surface area contributed by atoms with Gasteiger partial charge in [-0.25, -0.2) is 9.37 Å². The van der Waals surface area contributed by atoms with Gasteiger partial charge in [-0.2, -0.15) is 0 Å². The fourth-order valence-electron chi connectivity index (χ4n) is 3.01. The summed E-state index contributed by atoms with van der Waals surface area (Å²) in [5, 5.41) is 5.01. The smallest absolute Gasteiger partial charge is 0.306 e. The molecule has 0 aliphatic rings. The molecule has 0 saturated carbocycles. The lowest BCUT2D eigenvalue weighted by Gasteiger charge is -2.03. The van der Waals surface area contributed by atoms with E-state index >= 15 is 0 Å². The Balaban J connectivity index is 1.28. The molecular weight excluding hydrogens is 391 g/mol. The molecule has 2 aromatic heterocycles. The number of para-hydroxylation sites is 1. The summed E-state index contributed by atoms with van der Waals surface area (Å²) < 4.78 is 24.9. The molecule has 0 unspecified atom stereocenters. The summed E-state index contributed by atoms with van der Waals surface area (Å²) in [6.07, 6.45) is 1.74. The summed E-state index contributed by atoms with van der Waals surface area (Å²) in [6.45, 7) is 1.89. The molecule has 2 aromatic carbocycles. The van der Waals surface area contributed by atoms with E-state index in [1.54, 1.807) is 23.5 Å². The predicted molar refractivity (Wildman–Crippen MR) is 109 cm³/mol. The maximum atomic E-state index is 13.1. The topological polar surface area (TPSA) is 65.2 Å². The number of hydrogen-bond donors (Lipinski definition) is 0. The Bertz CT molecular complexity index is 1100. The molecule has 0 spiro atoms. The molecule has 0 atom stereocenters. The second kappa shape index (κ2) is 8.53. The minimum atomic E-state index is -0.314. The van der Waals surface area contributed by atoms with Crippen molar-refractivity contribution in [2.75, 3.05) is 0 Å². The maximum absolute atomic E-state index is 13.1. The number of aromatic nitrogens is 2. The lowest BCUT2D eigenvalue weighted by atomic mass is 10.1. The van der Waals surface area contributed by atoms with E-state index in [1.165, 1.54) is 12.1 Å². The van der Waals surface area contributed by atoms with Crippen molar-refractivity contribution in [3.05, 3.63) is 70.6 Å². The van der Waals surface area contributed by atoms with E-state index in [9.17, 15) is 9.18 Å². The molecule has 148 valence electrons. The van der Waals surface area contributed by atoms with Crippen molar-refractivity contribution in [3.63, 3.8) is 0 Å². The minimum absolute atomic E-state index is 0.0521. The van der Waals surface area contributed by atoms with Gasteiger partial charge in [0.15, 0.2) is 5.76 Å². The van der Waals surface area contributed by atoms with E-state index in [0.29, 0.717) is 24.3 Å². The Morgan fingerprint density at radius 3 is 2.76 bits per heavy atom. The van der Waals surface area contributed by atoms with Crippen LogP contribution in [0.2, 0.25) is 0 Å². The summed E-state index contributed by atoms with van der Waals surface area (Å²) in [7, 11) is 0. The average molecular weight is 410 g/mol. The van der Waals surface area contributed by atoms with Crippen molar-refractivity contribution in [2.45, 2.75) is 32.8 Å². The van der Waals surface area contributed by atoms with Gasteiger partial charge in [-0.3, -0.25) is 4.79 Å². The number of carbonyl (C=O) groups is 1. The molecule has 0 N–H and O–H groups in total. The Labute approximate surface area is 171 Å². The summed E-state index contributed by atoms with van der Waals surface area (Å²) in [4.78, 5) is 16.6. The van der Waals surface area contributed by atoms with Crippen LogP contribution in [0.4, 0.5) is 4.39 Å². The van der Waals surface area contributed by atoms with Crippen molar-refractivity contribution >= 4 is 27.5 Å². The molecule has 29 heavy (non-hydrogen) atoms. The summed E-state index contributed by atoms with van der Waals surface area (Å²) >= 11 is 1.65. The van der Waals surface area contributed by atoms with Crippen molar-refractivity contribution < 1.29 is 18.4 Å². The van der Waals surface area contributed by atoms with E-state index < -0.39 is 0 Å². The summed E-state index contributed by atoms with van der Waals surface area (Å²) in [5.41, 5.74) is 3.06. The zero-order valence-electron chi connectivity index (χ0n) is 15.9. The van der Waals surface area contributed by atoms with Crippen LogP contribution in [0.1, 0.15) is 29.1 Å². The molecule has 5 nitrogen and oxygen atoms in total. The van der Waals surface area contributed by atoms with Crippen LogP contribution in [0.25, 0.3) is 21.5 Å². The minimum Gasteiger partial charge on any atom is -0.459 e. The molecule has 0 amide bonds. The normalized spacial score (nSPS) is 11.1. The van der Waals surface area contributed by atoms with Crippen LogP contribution in [-0.4, -0.2) is 16.1 Å². The highest BCUT2D eigenvalue weighted by Crippen LogP contribution is 2.26. The fraction of sp³-hybridized carbons (Fsp3) is 0.227. The summed E-state index contributed by atoms with van der Waals surface area (Å²) in [6, 6.07) is 14.0. The number of ether oxygens (including phenoxy) is 1. The zero-order chi connectivity index (χ0) is 20.2. The highest BCUT2D eigenvalue weighted by Gasteiger charge is 2.15. The SMILES string of the molecule is Cc1c(COC(=O)CCCc2nc3ccccc3s2)noc1-c1ccc(F)cc1. The van der Waals surface area contributed by atoms with Gasteiger partial charge < -0.3 is 9.26 Å². The Kier molecular flexibility index (Phi) is 5.67. The monoisotopic (exact) mass is 410 g/mol. The molecule has 0 fully saturated rings. The van der Waals surface area contributed by atoms with Crippen LogP contribution in [0.5, 0.6) is 0 Å². The third-order valence-corrected chi connectivity index (χ3v) is 5.70. The molecule has 0 aliphatic carbocycles. The van der Waals surface area contributed by atoms with E-state index in [1.807, 2.05) is 31.2 Å².